The number of nitrogens with one attached hydrogen (secondary N) is 1. The van der Waals surface area contributed by atoms with E-state index in [1.807, 2.05) is 6.92 Å². The molecule has 2 fully saturated rings. The quantitative estimate of drug-likeness (QED) is 0.108. The number of fused-ring (bicyclic) bond motifs is 1. The second-order valence-corrected chi connectivity index (χ2v) is 15.5. The summed E-state index contributed by atoms with van der Waals surface area (Å²) in [6, 6.07) is 10.2. The lowest BCUT2D eigenvalue weighted by Gasteiger charge is -2.46. The number of rotatable bonds is 16. The number of ether oxygens (including phenoxy) is 2. The van der Waals surface area contributed by atoms with Crippen LogP contribution in [0.3, 0.4) is 0 Å². The summed E-state index contributed by atoms with van der Waals surface area (Å²) in [6.07, 6.45) is -2.96. The highest BCUT2D eigenvalue weighted by Gasteiger charge is 2.60. The molecule has 54 heavy (non-hydrogen) atoms. The van der Waals surface area contributed by atoms with Gasteiger partial charge in [0.15, 0.2) is 0 Å². The van der Waals surface area contributed by atoms with Gasteiger partial charge in [-0.1, -0.05) is 6.92 Å². The lowest BCUT2D eigenvalue weighted by molar-refractivity contribution is -0.385. The molecule has 2 saturated heterocycles. The summed E-state index contributed by atoms with van der Waals surface area (Å²) in [5.74, 6) is -2.26. The van der Waals surface area contributed by atoms with Gasteiger partial charge in [0.1, 0.15) is 18.9 Å². The van der Waals surface area contributed by atoms with Crippen molar-refractivity contribution in [2.75, 3.05) is 24.6 Å². The monoisotopic (exact) mass is 789 g/mol. The average Bonchev–Trinajstić information content (AvgIpc) is 3.64. The number of aliphatic hydroxyl groups excluding tert-OH is 2. The van der Waals surface area contributed by atoms with Crippen LogP contribution in [0.2, 0.25) is 0 Å². The van der Waals surface area contributed by atoms with E-state index in [4.69, 9.17) is 9.47 Å². The van der Waals surface area contributed by atoms with Gasteiger partial charge in [-0.15, -0.1) is 11.8 Å². The van der Waals surface area contributed by atoms with Crippen molar-refractivity contribution in [2.24, 2.45) is 11.8 Å². The smallest absolute Gasteiger partial charge is 0.410 e. The van der Waals surface area contributed by atoms with Crippen molar-refractivity contribution in [3.63, 3.8) is 0 Å². The van der Waals surface area contributed by atoms with Gasteiger partial charge in [-0.25, -0.2) is 14.4 Å². The van der Waals surface area contributed by atoms with E-state index in [1.165, 1.54) is 88.8 Å². The Morgan fingerprint density at radius 1 is 0.981 bits per heavy atom. The van der Waals surface area contributed by atoms with Gasteiger partial charge in [-0.2, -0.15) is 11.8 Å². The number of amides is 3. The minimum atomic E-state index is -1.26. The third-order valence-electron chi connectivity index (χ3n) is 9.34. The molecule has 2 aromatic rings. The molecule has 3 aliphatic rings. The Labute approximate surface area is 317 Å². The molecule has 0 aliphatic carbocycles. The number of aliphatic carboxylic acids is 1. The number of benzene rings is 2. The molecule has 0 saturated carbocycles. The number of thioether (sulfide) groups is 2. The molecule has 18 nitrogen and oxygen atoms in total. The predicted molar refractivity (Wildman–Crippen MR) is 194 cm³/mol. The van der Waals surface area contributed by atoms with Crippen molar-refractivity contribution in [1.82, 2.24) is 15.1 Å². The summed E-state index contributed by atoms with van der Waals surface area (Å²) in [4.78, 5) is 74.8. The van der Waals surface area contributed by atoms with Crippen LogP contribution in [0, 0.1) is 32.1 Å². The van der Waals surface area contributed by atoms with Gasteiger partial charge >= 0.3 is 18.2 Å². The lowest BCUT2D eigenvalue weighted by Crippen LogP contribution is -2.63. The summed E-state index contributed by atoms with van der Waals surface area (Å²) < 4.78 is 10.7. The summed E-state index contributed by atoms with van der Waals surface area (Å²) >= 11 is 2.61. The number of carbonyl (C=O) groups excluding carboxylic acids is 3. The Morgan fingerprint density at radius 3 is 2.09 bits per heavy atom. The molecule has 3 heterocycles. The second-order valence-electron chi connectivity index (χ2n) is 13.1. The number of carboxylic acids is 1. The molecule has 0 aromatic heterocycles. The number of carbonyl (C=O) groups is 4. The number of non-ortho nitro benzene ring substituents is 2. The molecular formula is C34H39N5O13S2. The molecular weight excluding hydrogens is 751 g/mol. The topological polar surface area (TPSA) is 252 Å². The number of nitrogens with zero attached hydrogens (tertiary/aromatic N) is 4. The van der Waals surface area contributed by atoms with Crippen LogP contribution in [-0.4, -0.2) is 113 Å². The summed E-state index contributed by atoms with van der Waals surface area (Å²) in [5.41, 5.74) is 0.743. The van der Waals surface area contributed by atoms with Gasteiger partial charge in [0.25, 0.3) is 11.4 Å². The second kappa shape index (κ2) is 17.5. The molecule has 7 atom stereocenters. The molecule has 3 amide bonds. The molecule has 290 valence electrons. The van der Waals surface area contributed by atoms with Crippen LogP contribution in [0.15, 0.2) is 59.1 Å². The van der Waals surface area contributed by atoms with E-state index in [0.717, 1.165) is 0 Å². The van der Waals surface area contributed by atoms with Gasteiger partial charge in [-0.05, 0) is 48.7 Å². The van der Waals surface area contributed by atoms with E-state index in [2.05, 4.69) is 5.32 Å². The number of alkyl carbamates (subject to hydrolysis) is 1. The number of hydrogen-bond acceptors (Lipinski definition) is 14. The van der Waals surface area contributed by atoms with Gasteiger partial charge in [0, 0.05) is 71.0 Å². The summed E-state index contributed by atoms with van der Waals surface area (Å²) in [6.45, 7) is 3.08. The Balaban J connectivity index is 1.18. The number of aliphatic hydroxyl groups is 2. The first kappa shape index (κ1) is 40.3. The number of β-lactam (4-membered cyclic amide) rings is 1. The minimum Gasteiger partial charge on any atom is -0.477 e. The Morgan fingerprint density at radius 2 is 1.56 bits per heavy atom. The maximum Gasteiger partial charge on any atom is 0.410 e. The van der Waals surface area contributed by atoms with Crippen molar-refractivity contribution in [2.45, 2.75) is 63.0 Å². The van der Waals surface area contributed by atoms with E-state index in [9.17, 15) is 54.7 Å². The molecule has 20 heteroatoms. The molecule has 3 aliphatic heterocycles. The molecule has 1 unspecified atom stereocenters. The van der Waals surface area contributed by atoms with Crippen molar-refractivity contribution < 1.29 is 53.8 Å². The Bertz CT molecular complexity index is 1790. The predicted octanol–water partition coefficient (Wildman–Crippen LogP) is 3.49. The fraction of sp³-hybridized carbons (Fsp3) is 0.471. The average molecular weight is 790 g/mol. The first-order valence-corrected chi connectivity index (χ1v) is 18.9. The largest absolute Gasteiger partial charge is 0.477 e. The van der Waals surface area contributed by atoms with Gasteiger partial charge in [0.05, 0.1) is 34.0 Å². The number of hydrogen-bond donors (Lipinski definition) is 4. The standard InChI is InChI=1S/C34H39N5O13S2/c1-18-28-27(19(2)40)31(42)37(28)29(32(43)44)30(18)54-26-11-24(36(13-26)34(46)52-15-21-5-9-23(10-6-21)39(49)50)16-53-17-25(41)12-35-33(45)51-14-20-3-7-22(8-4-20)38(47)48/h3-10,18-19,24-28,40-41H,11-17H2,1-2H3,(H,35,45)(H,43,44)/t18-,19-,24+,25?,26+,27-,28-/m1/s1. The van der Waals surface area contributed by atoms with Crippen molar-refractivity contribution >= 4 is 59.0 Å². The van der Waals surface area contributed by atoms with Gasteiger partial charge in [-0.3, -0.25) is 25.0 Å². The van der Waals surface area contributed by atoms with Crippen LogP contribution >= 0.6 is 23.5 Å². The number of carboxylic acid groups (broad SMARTS) is 1. The highest BCUT2D eigenvalue weighted by Crippen LogP contribution is 2.52. The molecule has 2 aromatic carbocycles. The zero-order chi connectivity index (χ0) is 39.3. The van der Waals surface area contributed by atoms with Crippen LogP contribution in [0.5, 0.6) is 0 Å². The zero-order valence-electron chi connectivity index (χ0n) is 29.1. The van der Waals surface area contributed by atoms with Gasteiger partial charge in [0.2, 0.25) is 5.91 Å². The van der Waals surface area contributed by atoms with Crippen LogP contribution in [0.1, 0.15) is 31.4 Å². The molecule has 0 spiro atoms. The highest BCUT2D eigenvalue weighted by atomic mass is 32.2. The number of nitro groups is 2. The summed E-state index contributed by atoms with van der Waals surface area (Å²) in [5, 5.41) is 54.8. The minimum absolute atomic E-state index is 0.0969. The third-order valence-corrected chi connectivity index (χ3v) is 12.1. The van der Waals surface area contributed by atoms with E-state index in [0.29, 0.717) is 28.2 Å². The fourth-order valence-electron chi connectivity index (χ4n) is 6.65. The number of likely N-dealkylation sites (tertiary alicyclic amines) is 1. The highest BCUT2D eigenvalue weighted by molar-refractivity contribution is 8.03. The third kappa shape index (κ3) is 9.23. The van der Waals surface area contributed by atoms with Crippen molar-refractivity contribution in [3.05, 3.63) is 90.5 Å². The maximum absolute atomic E-state index is 13.4. The van der Waals surface area contributed by atoms with Crippen LogP contribution in [0.4, 0.5) is 21.0 Å². The van der Waals surface area contributed by atoms with Crippen LogP contribution in [0.25, 0.3) is 0 Å². The van der Waals surface area contributed by atoms with Crippen LogP contribution < -0.4 is 5.32 Å². The van der Waals surface area contributed by atoms with Crippen LogP contribution in [-0.2, 0) is 32.3 Å². The normalized spacial score (nSPS) is 23.0. The lowest BCUT2D eigenvalue weighted by atomic mass is 9.79. The van der Waals surface area contributed by atoms with E-state index in [-0.39, 0.29) is 60.3 Å². The molecule has 0 bridgehead atoms. The summed E-state index contributed by atoms with van der Waals surface area (Å²) in [7, 11) is 0. The Hall–Kier alpha value is -4.92. The first-order chi connectivity index (χ1) is 25.7. The van der Waals surface area contributed by atoms with Crippen molar-refractivity contribution in [1.29, 1.82) is 0 Å². The molecule has 5 rings (SSSR count). The first-order valence-electron chi connectivity index (χ1n) is 16.9. The zero-order valence-corrected chi connectivity index (χ0v) is 30.8. The molecule has 4 N–H and O–H groups in total. The van der Waals surface area contributed by atoms with Crippen molar-refractivity contribution in [3.8, 4) is 0 Å². The van der Waals surface area contributed by atoms with E-state index < -0.39 is 64.1 Å². The van der Waals surface area contributed by atoms with Gasteiger partial charge < -0.3 is 39.9 Å². The molecule has 0 radical (unpaired) electrons. The SMILES string of the molecule is C[C@@H](O)[C@H]1C(=O)N2C(C(=O)O)=C(S[C@H]3C[C@@H](CSCC(O)CNC(=O)OCc4ccc([N+](=O)[O-])cc4)N(C(=O)OCc4ccc([N+](=O)[O-])cc4)C3)[C@H](C)[C@H]12. The van der Waals surface area contributed by atoms with E-state index in [1.54, 1.807) is 0 Å². The maximum atomic E-state index is 13.4. The van der Waals surface area contributed by atoms with E-state index >= 15 is 0 Å². The Kier molecular flexibility index (Phi) is 13.0. The number of nitro benzene ring substituents is 2. The fourth-order valence-corrected chi connectivity index (χ4v) is 9.33.